The van der Waals surface area contributed by atoms with Gasteiger partial charge in [0, 0.05) is 12.8 Å². The largest absolute Gasteiger partial charge is 0.469 e. The second-order valence-corrected chi connectivity index (χ2v) is 14.9. The second kappa shape index (κ2) is 34.0. The molecule has 2 N–H and O–H groups in total. The van der Waals surface area contributed by atoms with Crippen molar-refractivity contribution in [1.82, 2.24) is 0 Å². The van der Waals surface area contributed by atoms with Crippen LogP contribution >= 0.6 is 7.82 Å². The molecule has 2 unspecified atom stereocenters. The molecule has 0 aromatic heterocycles. The molecule has 1 aliphatic heterocycles. The topological polar surface area (TPSA) is 132 Å². The van der Waals surface area contributed by atoms with Crippen molar-refractivity contribution >= 4 is 19.8 Å². The van der Waals surface area contributed by atoms with Gasteiger partial charge in [-0.2, -0.15) is 0 Å². The Bertz CT molecular complexity index is 1150. The number of carbonyl (C=O) groups excluding carboxylic acids is 2. The lowest BCUT2D eigenvalue weighted by atomic mass is 10.1. The molecule has 0 saturated carbocycles. The van der Waals surface area contributed by atoms with Gasteiger partial charge >= 0.3 is 19.8 Å². The van der Waals surface area contributed by atoms with Gasteiger partial charge in [-0.05, 0) is 83.5 Å². The fourth-order valence-electron chi connectivity index (χ4n) is 5.47. The van der Waals surface area contributed by atoms with Gasteiger partial charge in [-0.3, -0.25) is 14.1 Å². The predicted molar refractivity (Wildman–Crippen MR) is 215 cm³/mol. The molecule has 3 atom stereocenters. The van der Waals surface area contributed by atoms with Crippen LogP contribution in [0, 0.1) is 0 Å². The quantitative estimate of drug-likeness (QED) is 0.0213. The van der Waals surface area contributed by atoms with E-state index in [4.69, 9.17) is 24.0 Å². The molecule has 0 spiro atoms. The van der Waals surface area contributed by atoms with Gasteiger partial charge < -0.3 is 24.0 Å². The maximum absolute atomic E-state index is 12.5. The van der Waals surface area contributed by atoms with E-state index in [9.17, 15) is 14.2 Å². The average Bonchev–Trinajstić information content (AvgIpc) is 3.88. The van der Waals surface area contributed by atoms with Crippen LogP contribution in [0.15, 0.2) is 72.9 Å². The van der Waals surface area contributed by atoms with Gasteiger partial charge in [0.1, 0.15) is 6.61 Å². The van der Waals surface area contributed by atoms with E-state index in [1.54, 1.807) is 0 Å². The molecule has 0 amide bonds. The Morgan fingerprint density at radius 3 is 1.70 bits per heavy atom. The number of rotatable bonds is 35. The molecule has 0 radical (unpaired) electrons. The SMILES string of the molecule is CCCCC/C=C\C/C=C\C/C=C\CC1OC1CCCC(=O)O[C@H](COC(=O)CCC/C=C\C/C=C\C/C=C\CCCCCCCC)COP(=O)(O)O. The van der Waals surface area contributed by atoms with Crippen LogP contribution < -0.4 is 0 Å². The lowest BCUT2D eigenvalue weighted by molar-refractivity contribution is -0.161. The monoisotopic (exact) mass is 762 g/mol. The highest BCUT2D eigenvalue weighted by Crippen LogP contribution is 2.36. The van der Waals surface area contributed by atoms with E-state index in [0.29, 0.717) is 19.3 Å². The van der Waals surface area contributed by atoms with Crippen molar-refractivity contribution in [2.24, 2.45) is 0 Å². The summed E-state index contributed by atoms with van der Waals surface area (Å²) in [5.41, 5.74) is 0. The van der Waals surface area contributed by atoms with Crippen molar-refractivity contribution in [1.29, 1.82) is 0 Å². The number of allylic oxidation sites excluding steroid dienone is 11. The Balaban J connectivity index is 2.18. The first kappa shape index (κ1) is 48.5. The lowest BCUT2D eigenvalue weighted by Crippen LogP contribution is -2.29. The van der Waals surface area contributed by atoms with Crippen molar-refractivity contribution in [3.8, 4) is 0 Å². The van der Waals surface area contributed by atoms with Crippen LogP contribution in [0.1, 0.15) is 155 Å². The molecule has 0 aliphatic carbocycles. The van der Waals surface area contributed by atoms with Gasteiger partial charge in [-0.1, -0.05) is 132 Å². The van der Waals surface area contributed by atoms with E-state index in [2.05, 4.69) is 85.2 Å². The summed E-state index contributed by atoms with van der Waals surface area (Å²) in [6, 6.07) is 0. The fraction of sp³-hybridized carbons (Fsp3) is 0.674. The zero-order valence-electron chi connectivity index (χ0n) is 32.8. The Kier molecular flexibility index (Phi) is 31.1. The summed E-state index contributed by atoms with van der Waals surface area (Å²) in [5.74, 6) is -1.03. The first-order valence-electron chi connectivity index (χ1n) is 20.4. The Morgan fingerprint density at radius 2 is 1.09 bits per heavy atom. The van der Waals surface area contributed by atoms with Gasteiger partial charge in [0.2, 0.25) is 0 Å². The normalized spacial score (nSPS) is 17.1. The lowest BCUT2D eigenvalue weighted by Gasteiger charge is -2.18. The van der Waals surface area contributed by atoms with Gasteiger partial charge in [-0.25, -0.2) is 4.57 Å². The maximum Gasteiger partial charge on any atom is 0.469 e. The van der Waals surface area contributed by atoms with E-state index in [1.807, 2.05) is 6.08 Å². The smallest absolute Gasteiger partial charge is 0.462 e. The van der Waals surface area contributed by atoms with Gasteiger partial charge in [0.05, 0.1) is 18.8 Å². The number of phosphoric acid groups is 1. The molecule has 9 nitrogen and oxygen atoms in total. The van der Waals surface area contributed by atoms with E-state index >= 15 is 0 Å². The van der Waals surface area contributed by atoms with E-state index in [1.165, 1.54) is 57.8 Å². The van der Waals surface area contributed by atoms with Crippen molar-refractivity contribution in [3.63, 3.8) is 0 Å². The molecule has 0 bridgehead atoms. The molecule has 1 aliphatic rings. The predicted octanol–water partition coefficient (Wildman–Crippen LogP) is 11.3. The number of phosphoric ester groups is 1. The van der Waals surface area contributed by atoms with Crippen LogP contribution in [0.3, 0.4) is 0 Å². The van der Waals surface area contributed by atoms with E-state index in [-0.39, 0.29) is 31.7 Å². The summed E-state index contributed by atoms with van der Waals surface area (Å²) in [5, 5.41) is 0. The average molecular weight is 763 g/mol. The second-order valence-electron chi connectivity index (χ2n) is 13.6. The molecule has 1 saturated heterocycles. The third-order valence-electron chi connectivity index (χ3n) is 8.62. The number of ether oxygens (including phenoxy) is 3. The van der Waals surface area contributed by atoms with Gasteiger partial charge in [0.25, 0.3) is 0 Å². The third-order valence-corrected chi connectivity index (χ3v) is 9.11. The number of carbonyl (C=O) groups is 2. The number of hydrogen-bond donors (Lipinski definition) is 2. The first-order valence-corrected chi connectivity index (χ1v) is 21.9. The first-order chi connectivity index (χ1) is 25.7. The number of esters is 2. The summed E-state index contributed by atoms with van der Waals surface area (Å²) in [6.45, 7) is 3.53. The maximum atomic E-state index is 12.5. The summed E-state index contributed by atoms with van der Waals surface area (Å²) >= 11 is 0. The van der Waals surface area contributed by atoms with Crippen LogP contribution in [0.5, 0.6) is 0 Å². The van der Waals surface area contributed by atoms with Crippen LogP contribution in [0.25, 0.3) is 0 Å². The Morgan fingerprint density at radius 1 is 0.604 bits per heavy atom. The minimum atomic E-state index is -4.79. The summed E-state index contributed by atoms with van der Waals surface area (Å²) in [7, 11) is -4.79. The zero-order valence-corrected chi connectivity index (χ0v) is 33.7. The molecule has 302 valence electrons. The zero-order chi connectivity index (χ0) is 38.7. The molecule has 0 aromatic rings. The number of hydrogen-bond acceptors (Lipinski definition) is 7. The number of unbranched alkanes of at least 4 members (excludes halogenated alkanes) is 10. The molecule has 1 rings (SSSR count). The third kappa shape index (κ3) is 33.7. The van der Waals surface area contributed by atoms with Gasteiger partial charge in [-0.15, -0.1) is 0 Å². The molecule has 1 fully saturated rings. The molecule has 1 heterocycles. The van der Waals surface area contributed by atoms with Crippen molar-refractivity contribution < 1.29 is 42.7 Å². The van der Waals surface area contributed by atoms with Crippen LogP contribution in [0.4, 0.5) is 0 Å². The Labute approximate surface area is 321 Å². The highest BCUT2D eigenvalue weighted by Gasteiger charge is 2.36. The molecule has 10 heteroatoms. The molecule has 53 heavy (non-hydrogen) atoms. The summed E-state index contributed by atoms with van der Waals surface area (Å²) in [6.07, 6.45) is 46.5. The van der Waals surface area contributed by atoms with E-state index in [0.717, 1.165) is 51.4 Å². The van der Waals surface area contributed by atoms with Crippen molar-refractivity contribution in [3.05, 3.63) is 72.9 Å². The summed E-state index contributed by atoms with van der Waals surface area (Å²) < 4.78 is 32.0. The standard InChI is InChI=1S/C43H71O9P/c1-3-5-7-9-11-13-15-17-18-19-20-21-23-25-27-29-31-35-42(44)49-37-39(38-50-53(46,47)48)51-43(45)36-32-34-41-40(52-41)33-30-28-26-24-22-16-14-12-10-8-6-4-2/h12,14,17-18,20-22,24-25,27-28,30,39-41H,3-11,13,15-16,19,23,26,29,31-38H2,1-2H3,(H2,46,47,48)/b14-12-,18-17-,21-20-,24-22-,27-25-,30-28-/t39-,40?,41?/m1/s1. The van der Waals surface area contributed by atoms with Crippen LogP contribution in [-0.4, -0.2) is 53.3 Å². The highest BCUT2D eigenvalue weighted by atomic mass is 31.2. The van der Waals surface area contributed by atoms with Crippen LogP contribution in [-0.2, 0) is 32.9 Å². The van der Waals surface area contributed by atoms with Crippen molar-refractivity contribution in [2.45, 2.75) is 173 Å². The van der Waals surface area contributed by atoms with E-state index < -0.39 is 32.5 Å². The molecular weight excluding hydrogens is 691 g/mol. The molecule has 0 aromatic carbocycles. The summed E-state index contributed by atoms with van der Waals surface area (Å²) in [4.78, 5) is 42.9. The Hall–Kier alpha value is -2.55. The fourth-order valence-corrected chi connectivity index (χ4v) is 5.83. The minimum Gasteiger partial charge on any atom is -0.462 e. The number of epoxide rings is 1. The van der Waals surface area contributed by atoms with Crippen LogP contribution in [0.2, 0.25) is 0 Å². The van der Waals surface area contributed by atoms with Gasteiger partial charge in [0.15, 0.2) is 6.10 Å². The highest BCUT2D eigenvalue weighted by molar-refractivity contribution is 7.46. The van der Waals surface area contributed by atoms with Crippen molar-refractivity contribution in [2.75, 3.05) is 13.2 Å². The minimum absolute atomic E-state index is 0.105. The molecular formula is C43H71O9P.